The Balaban J connectivity index is 3.74. The molecule has 2 heteroatoms. The second-order valence-corrected chi connectivity index (χ2v) is 1.59. The van der Waals surface area contributed by atoms with E-state index in [1.54, 1.807) is 12.3 Å². The summed E-state index contributed by atoms with van der Waals surface area (Å²) in [5.74, 6) is 0. The van der Waals surface area contributed by atoms with Gasteiger partial charge in [-0.05, 0) is 6.92 Å². The number of aliphatic imine (C=N–C) groups is 1. The number of hydrogen-bond donors (Lipinski definition) is 1. The first-order valence-electron chi connectivity index (χ1n) is 2.80. The van der Waals surface area contributed by atoms with E-state index in [1.165, 1.54) is 0 Å². The van der Waals surface area contributed by atoms with E-state index in [0.29, 0.717) is 0 Å². The number of nitrogens with one attached hydrogen (secondary N) is 1. The third-order valence-corrected chi connectivity index (χ3v) is 0.737. The van der Waals surface area contributed by atoms with Crippen molar-refractivity contribution in [2.45, 2.75) is 6.92 Å². The van der Waals surface area contributed by atoms with Gasteiger partial charge in [-0.15, -0.1) is 0 Å². The van der Waals surface area contributed by atoms with E-state index in [4.69, 9.17) is 0 Å². The molecule has 50 valence electrons. The minimum Gasteiger partial charge on any atom is -0.393 e. The highest BCUT2D eigenvalue weighted by molar-refractivity contribution is 5.71. The molecule has 0 bridgehead atoms. The lowest BCUT2D eigenvalue weighted by molar-refractivity contribution is 1.06. The van der Waals surface area contributed by atoms with Crippen molar-refractivity contribution in [1.82, 2.24) is 5.32 Å². The molecular weight excluding hydrogens is 112 g/mol. The fourth-order valence-corrected chi connectivity index (χ4v) is 0.416. The Morgan fingerprint density at radius 2 is 2.33 bits per heavy atom. The van der Waals surface area contributed by atoms with Gasteiger partial charge in [-0.1, -0.05) is 12.7 Å². The van der Waals surface area contributed by atoms with Crippen molar-refractivity contribution in [2.24, 2.45) is 4.99 Å². The molecule has 0 aromatic rings. The number of rotatable bonds is 3. The van der Waals surface area contributed by atoms with Crippen LogP contribution in [0.15, 0.2) is 29.5 Å². The summed E-state index contributed by atoms with van der Waals surface area (Å²) in [5.41, 5.74) is 0.942. The molecule has 0 aromatic heterocycles. The quantitative estimate of drug-likeness (QED) is 0.564. The van der Waals surface area contributed by atoms with Crippen LogP contribution in [-0.4, -0.2) is 13.3 Å². The average molecular weight is 124 g/mol. The van der Waals surface area contributed by atoms with E-state index in [2.05, 4.69) is 16.9 Å². The summed E-state index contributed by atoms with van der Waals surface area (Å²) in [6, 6.07) is 0. The van der Waals surface area contributed by atoms with Gasteiger partial charge in [-0.3, -0.25) is 4.99 Å². The van der Waals surface area contributed by atoms with Crippen LogP contribution in [0.3, 0.4) is 0 Å². The molecule has 0 aliphatic heterocycles. The Morgan fingerprint density at radius 3 is 2.78 bits per heavy atom. The summed E-state index contributed by atoms with van der Waals surface area (Å²) >= 11 is 0. The lowest BCUT2D eigenvalue weighted by Gasteiger charge is -1.88. The van der Waals surface area contributed by atoms with E-state index in [-0.39, 0.29) is 0 Å². The topological polar surface area (TPSA) is 24.4 Å². The molecule has 0 radical (unpaired) electrons. The Labute approximate surface area is 56.0 Å². The Hall–Kier alpha value is -1.05. The molecule has 2 nitrogen and oxygen atoms in total. The second-order valence-electron chi connectivity index (χ2n) is 1.59. The first-order chi connectivity index (χ1) is 4.31. The van der Waals surface area contributed by atoms with Gasteiger partial charge in [0, 0.05) is 19.5 Å². The summed E-state index contributed by atoms with van der Waals surface area (Å²) in [5, 5.41) is 2.87. The van der Waals surface area contributed by atoms with Crippen LogP contribution in [0.1, 0.15) is 6.92 Å². The highest BCUT2D eigenvalue weighted by Crippen LogP contribution is 1.88. The van der Waals surface area contributed by atoms with Crippen LogP contribution in [-0.2, 0) is 0 Å². The van der Waals surface area contributed by atoms with Crippen molar-refractivity contribution in [2.75, 3.05) is 7.05 Å². The number of allylic oxidation sites excluding steroid dienone is 2. The van der Waals surface area contributed by atoms with Crippen molar-refractivity contribution in [1.29, 1.82) is 0 Å². The van der Waals surface area contributed by atoms with Gasteiger partial charge in [0.05, 0.1) is 5.70 Å². The Morgan fingerprint density at radius 1 is 1.67 bits per heavy atom. The molecule has 0 heterocycles. The van der Waals surface area contributed by atoms with E-state index < -0.39 is 0 Å². The molecule has 0 unspecified atom stereocenters. The van der Waals surface area contributed by atoms with Crippen LogP contribution >= 0.6 is 0 Å². The van der Waals surface area contributed by atoms with Gasteiger partial charge in [0.15, 0.2) is 0 Å². The minimum atomic E-state index is 0.942. The van der Waals surface area contributed by atoms with Crippen LogP contribution < -0.4 is 5.32 Å². The fraction of sp³-hybridized carbons (Fsp3) is 0.286. The Bertz CT molecular complexity index is 134. The van der Waals surface area contributed by atoms with E-state index in [9.17, 15) is 0 Å². The zero-order valence-electron chi connectivity index (χ0n) is 5.89. The van der Waals surface area contributed by atoms with E-state index in [0.717, 1.165) is 5.70 Å². The van der Waals surface area contributed by atoms with Crippen molar-refractivity contribution in [3.63, 3.8) is 0 Å². The molecular formula is C7H12N2. The molecule has 0 aromatic carbocycles. The summed E-state index contributed by atoms with van der Waals surface area (Å²) in [7, 11) is 1.84. The smallest absolute Gasteiger partial charge is 0.0528 e. The van der Waals surface area contributed by atoms with Crippen molar-refractivity contribution in [3.8, 4) is 0 Å². The molecule has 1 N–H and O–H groups in total. The predicted molar refractivity (Wildman–Crippen MR) is 41.5 cm³/mol. The van der Waals surface area contributed by atoms with Gasteiger partial charge in [-0.2, -0.15) is 0 Å². The summed E-state index contributed by atoms with van der Waals surface area (Å²) in [6.45, 7) is 5.41. The monoisotopic (exact) mass is 124 g/mol. The largest absolute Gasteiger partial charge is 0.393 e. The third kappa shape index (κ3) is 4.81. The van der Waals surface area contributed by atoms with Crippen LogP contribution in [0.4, 0.5) is 0 Å². The Kier molecular flexibility index (Phi) is 4.50. The van der Waals surface area contributed by atoms with Gasteiger partial charge in [-0.25, -0.2) is 0 Å². The molecule has 0 rings (SSSR count). The summed E-state index contributed by atoms with van der Waals surface area (Å²) < 4.78 is 0. The van der Waals surface area contributed by atoms with E-state index >= 15 is 0 Å². The van der Waals surface area contributed by atoms with Gasteiger partial charge in [0.1, 0.15) is 0 Å². The highest BCUT2D eigenvalue weighted by Gasteiger charge is 1.74. The van der Waals surface area contributed by atoms with Crippen molar-refractivity contribution in [3.05, 3.63) is 24.6 Å². The summed E-state index contributed by atoms with van der Waals surface area (Å²) in [6.07, 6.45) is 5.12. The lowest BCUT2D eigenvalue weighted by atomic mass is 10.5. The molecule has 0 saturated carbocycles. The number of hydrogen-bond acceptors (Lipinski definition) is 2. The fourth-order valence-electron chi connectivity index (χ4n) is 0.416. The second kappa shape index (κ2) is 5.09. The molecule has 0 aliphatic carbocycles. The number of nitrogens with zero attached hydrogens (tertiary/aromatic N) is 1. The summed E-state index contributed by atoms with van der Waals surface area (Å²) in [4.78, 5) is 3.99. The van der Waals surface area contributed by atoms with Crippen molar-refractivity contribution < 1.29 is 0 Å². The first kappa shape index (κ1) is 7.95. The van der Waals surface area contributed by atoms with Gasteiger partial charge < -0.3 is 5.32 Å². The van der Waals surface area contributed by atoms with Crippen LogP contribution in [0.25, 0.3) is 0 Å². The van der Waals surface area contributed by atoms with Gasteiger partial charge in [0.2, 0.25) is 0 Å². The molecule has 0 saturated heterocycles. The average Bonchev–Trinajstić information content (AvgIpc) is 1.85. The standard InChI is InChI=1S/C7H12N2/c1-4-5-9-7(2)6-8-3/h4-6,8H,1H2,2-3H3/b7-6-,9-5-. The maximum absolute atomic E-state index is 3.99. The first-order valence-corrected chi connectivity index (χ1v) is 2.80. The zero-order chi connectivity index (χ0) is 7.11. The van der Waals surface area contributed by atoms with Gasteiger partial charge >= 0.3 is 0 Å². The van der Waals surface area contributed by atoms with Crippen LogP contribution in [0.2, 0.25) is 0 Å². The third-order valence-electron chi connectivity index (χ3n) is 0.737. The maximum Gasteiger partial charge on any atom is 0.0528 e. The molecule has 0 aliphatic rings. The lowest BCUT2D eigenvalue weighted by Crippen LogP contribution is -1.92. The highest BCUT2D eigenvalue weighted by atomic mass is 14.8. The van der Waals surface area contributed by atoms with Crippen LogP contribution in [0, 0.1) is 0 Å². The van der Waals surface area contributed by atoms with Gasteiger partial charge in [0.25, 0.3) is 0 Å². The normalized spacial score (nSPS) is 12.0. The SMILES string of the molecule is C=C/C=N\C(C)=C/NC. The molecule has 0 amide bonds. The molecule has 9 heavy (non-hydrogen) atoms. The minimum absolute atomic E-state index is 0.942. The van der Waals surface area contributed by atoms with Crippen LogP contribution in [0.5, 0.6) is 0 Å². The molecule has 0 atom stereocenters. The molecule has 0 spiro atoms. The molecule has 0 fully saturated rings. The maximum atomic E-state index is 3.99. The zero-order valence-corrected chi connectivity index (χ0v) is 5.89. The van der Waals surface area contributed by atoms with E-state index in [1.807, 2.05) is 20.2 Å². The predicted octanol–water partition coefficient (Wildman–Crippen LogP) is 1.32. The van der Waals surface area contributed by atoms with Crippen molar-refractivity contribution >= 4 is 6.21 Å².